The summed E-state index contributed by atoms with van der Waals surface area (Å²) in [6, 6.07) is 8.92. The molecular weight excluding hydrogens is 204 g/mol. The van der Waals surface area contributed by atoms with E-state index in [4.69, 9.17) is 15.7 Å². The van der Waals surface area contributed by atoms with Crippen molar-refractivity contribution in [1.82, 2.24) is 9.78 Å². The van der Waals surface area contributed by atoms with Gasteiger partial charge in [0, 0.05) is 18.3 Å². The van der Waals surface area contributed by atoms with E-state index in [-0.39, 0.29) is 0 Å². The third kappa shape index (κ3) is 1.68. The average Bonchev–Trinajstić information content (AvgIpc) is 2.75. The van der Waals surface area contributed by atoms with Crippen LogP contribution >= 0.6 is 0 Å². The van der Waals surface area contributed by atoms with Gasteiger partial charge in [-0.2, -0.15) is 10.4 Å². The maximum Gasteiger partial charge on any atom is 0.145 e. The first-order valence-electron chi connectivity index (χ1n) is 4.64. The summed E-state index contributed by atoms with van der Waals surface area (Å²) in [4.78, 5) is 0. The first kappa shape index (κ1) is 10.1. The quantitative estimate of drug-likeness (QED) is 0.818. The van der Waals surface area contributed by atoms with Gasteiger partial charge in [-0.05, 0) is 12.1 Å². The van der Waals surface area contributed by atoms with Crippen molar-refractivity contribution < 1.29 is 4.74 Å². The standard InChI is InChI=1S/C11H10N4O/c1-16-9-3-2-8(7-12)10(6-9)15-5-4-11(13)14-15/h2-6H,1H3,(H2,13,14). The SMILES string of the molecule is COc1ccc(C#N)c(-n2ccc(N)n2)c1. The number of anilines is 1. The van der Waals surface area contributed by atoms with Crippen molar-refractivity contribution in [1.29, 1.82) is 5.26 Å². The van der Waals surface area contributed by atoms with Gasteiger partial charge in [0.05, 0.1) is 18.4 Å². The van der Waals surface area contributed by atoms with Crippen LogP contribution in [0.2, 0.25) is 0 Å². The van der Waals surface area contributed by atoms with Crippen LogP contribution in [0.25, 0.3) is 5.69 Å². The van der Waals surface area contributed by atoms with Crippen molar-refractivity contribution >= 4 is 5.82 Å². The Balaban J connectivity index is 2.58. The van der Waals surface area contributed by atoms with E-state index in [2.05, 4.69) is 11.2 Å². The smallest absolute Gasteiger partial charge is 0.145 e. The van der Waals surface area contributed by atoms with Crippen LogP contribution in [-0.2, 0) is 0 Å². The van der Waals surface area contributed by atoms with Crippen molar-refractivity contribution in [3.8, 4) is 17.5 Å². The van der Waals surface area contributed by atoms with Crippen molar-refractivity contribution in [2.75, 3.05) is 12.8 Å². The topological polar surface area (TPSA) is 76.9 Å². The van der Waals surface area contributed by atoms with Gasteiger partial charge in [0.15, 0.2) is 0 Å². The molecule has 0 atom stereocenters. The second-order valence-corrected chi connectivity index (χ2v) is 3.18. The van der Waals surface area contributed by atoms with Gasteiger partial charge < -0.3 is 10.5 Å². The molecule has 2 rings (SSSR count). The van der Waals surface area contributed by atoms with Crippen LogP contribution in [0, 0.1) is 11.3 Å². The summed E-state index contributed by atoms with van der Waals surface area (Å²) in [6.07, 6.45) is 1.70. The third-order valence-corrected chi connectivity index (χ3v) is 2.18. The highest BCUT2D eigenvalue weighted by atomic mass is 16.5. The molecule has 1 heterocycles. The van der Waals surface area contributed by atoms with E-state index in [0.717, 1.165) is 0 Å². The number of aromatic nitrogens is 2. The van der Waals surface area contributed by atoms with Crippen molar-refractivity contribution in [3.05, 3.63) is 36.0 Å². The lowest BCUT2D eigenvalue weighted by molar-refractivity contribution is 0.414. The van der Waals surface area contributed by atoms with Gasteiger partial charge in [0.25, 0.3) is 0 Å². The molecule has 2 N–H and O–H groups in total. The molecule has 80 valence electrons. The maximum atomic E-state index is 8.99. The Labute approximate surface area is 92.7 Å². The van der Waals surface area contributed by atoms with Crippen LogP contribution in [0.5, 0.6) is 5.75 Å². The van der Waals surface area contributed by atoms with Crippen molar-refractivity contribution in [3.63, 3.8) is 0 Å². The fraction of sp³-hybridized carbons (Fsp3) is 0.0909. The second kappa shape index (κ2) is 3.95. The molecule has 0 aliphatic rings. The Morgan fingerprint density at radius 1 is 1.44 bits per heavy atom. The lowest BCUT2D eigenvalue weighted by Gasteiger charge is -2.06. The van der Waals surface area contributed by atoms with Crippen LogP contribution in [-0.4, -0.2) is 16.9 Å². The number of hydrogen-bond donors (Lipinski definition) is 1. The van der Waals surface area contributed by atoms with E-state index in [1.165, 1.54) is 0 Å². The molecule has 0 aliphatic carbocycles. The molecule has 0 unspecified atom stereocenters. The zero-order valence-electron chi connectivity index (χ0n) is 8.71. The summed E-state index contributed by atoms with van der Waals surface area (Å²) in [5.41, 5.74) is 6.70. The van der Waals surface area contributed by atoms with Crippen LogP contribution < -0.4 is 10.5 Å². The monoisotopic (exact) mass is 214 g/mol. The van der Waals surface area contributed by atoms with E-state index in [9.17, 15) is 0 Å². The van der Waals surface area contributed by atoms with Gasteiger partial charge in [-0.15, -0.1) is 0 Å². The van der Waals surface area contributed by atoms with Gasteiger partial charge in [0.2, 0.25) is 0 Å². The Hall–Kier alpha value is -2.48. The summed E-state index contributed by atoms with van der Waals surface area (Å²) in [7, 11) is 1.57. The maximum absolute atomic E-state index is 8.99. The molecule has 0 fully saturated rings. The Bertz CT molecular complexity index is 553. The van der Waals surface area contributed by atoms with Gasteiger partial charge in [-0.1, -0.05) is 0 Å². The number of nitriles is 1. The summed E-state index contributed by atoms with van der Waals surface area (Å²) in [5, 5.41) is 13.0. The van der Waals surface area contributed by atoms with Gasteiger partial charge >= 0.3 is 0 Å². The minimum Gasteiger partial charge on any atom is -0.497 e. The molecule has 1 aromatic heterocycles. The number of hydrogen-bond acceptors (Lipinski definition) is 4. The zero-order chi connectivity index (χ0) is 11.5. The molecule has 0 radical (unpaired) electrons. The molecule has 0 saturated heterocycles. The van der Waals surface area contributed by atoms with Crippen molar-refractivity contribution in [2.45, 2.75) is 0 Å². The first-order valence-corrected chi connectivity index (χ1v) is 4.64. The fourth-order valence-corrected chi connectivity index (χ4v) is 1.39. The molecule has 0 bridgehead atoms. The first-order chi connectivity index (χ1) is 7.74. The number of ether oxygens (including phenoxy) is 1. The summed E-state index contributed by atoms with van der Waals surface area (Å²) in [6.45, 7) is 0. The predicted octanol–water partition coefficient (Wildman–Crippen LogP) is 1.33. The Morgan fingerprint density at radius 2 is 2.25 bits per heavy atom. The zero-order valence-corrected chi connectivity index (χ0v) is 8.71. The number of nitrogen functional groups attached to an aromatic ring is 1. The lowest BCUT2D eigenvalue weighted by Crippen LogP contribution is -2.00. The van der Waals surface area contributed by atoms with Gasteiger partial charge in [0.1, 0.15) is 17.6 Å². The Morgan fingerprint density at radius 3 is 2.81 bits per heavy atom. The summed E-state index contributed by atoms with van der Waals surface area (Å²) < 4.78 is 6.65. The average molecular weight is 214 g/mol. The molecule has 0 saturated carbocycles. The minimum atomic E-state index is 0.409. The molecule has 16 heavy (non-hydrogen) atoms. The van der Waals surface area contributed by atoms with E-state index in [0.29, 0.717) is 22.8 Å². The number of methoxy groups -OCH3 is 1. The number of nitrogens with two attached hydrogens (primary N) is 1. The highest BCUT2D eigenvalue weighted by molar-refractivity contribution is 5.52. The van der Waals surface area contributed by atoms with Gasteiger partial charge in [-0.25, -0.2) is 4.68 Å². The molecule has 5 heteroatoms. The van der Waals surface area contributed by atoms with Crippen LogP contribution in [0.3, 0.4) is 0 Å². The Kier molecular flexibility index (Phi) is 2.48. The lowest BCUT2D eigenvalue weighted by atomic mass is 10.2. The normalized spacial score (nSPS) is 9.75. The minimum absolute atomic E-state index is 0.409. The van der Waals surface area contributed by atoms with Gasteiger partial charge in [-0.3, -0.25) is 0 Å². The highest BCUT2D eigenvalue weighted by Gasteiger charge is 2.07. The van der Waals surface area contributed by atoms with E-state index in [1.807, 2.05) is 0 Å². The van der Waals surface area contributed by atoms with Crippen LogP contribution in [0.4, 0.5) is 5.82 Å². The summed E-state index contributed by atoms with van der Waals surface area (Å²) in [5.74, 6) is 1.08. The number of benzene rings is 1. The van der Waals surface area contributed by atoms with E-state index >= 15 is 0 Å². The molecule has 0 aliphatic heterocycles. The molecule has 0 amide bonds. The molecule has 2 aromatic rings. The third-order valence-electron chi connectivity index (χ3n) is 2.18. The highest BCUT2D eigenvalue weighted by Crippen LogP contribution is 2.20. The second-order valence-electron chi connectivity index (χ2n) is 3.18. The van der Waals surface area contributed by atoms with E-state index < -0.39 is 0 Å². The molecule has 5 nitrogen and oxygen atoms in total. The summed E-state index contributed by atoms with van der Waals surface area (Å²) >= 11 is 0. The number of rotatable bonds is 2. The van der Waals surface area contributed by atoms with E-state index in [1.54, 1.807) is 42.3 Å². The van der Waals surface area contributed by atoms with Crippen LogP contribution in [0.1, 0.15) is 5.56 Å². The number of nitrogens with zero attached hydrogens (tertiary/aromatic N) is 3. The van der Waals surface area contributed by atoms with Crippen LogP contribution in [0.15, 0.2) is 30.5 Å². The molecule has 1 aromatic carbocycles. The predicted molar refractivity (Wildman–Crippen MR) is 59.2 cm³/mol. The fourth-order valence-electron chi connectivity index (χ4n) is 1.39. The molecule has 0 spiro atoms. The largest absolute Gasteiger partial charge is 0.497 e. The van der Waals surface area contributed by atoms with Crippen molar-refractivity contribution in [2.24, 2.45) is 0 Å². The molecular formula is C11H10N4O.